The average molecular weight is 357 g/mol. The number of amides is 1. The van der Waals surface area contributed by atoms with E-state index in [-0.39, 0.29) is 30.0 Å². The van der Waals surface area contributed by atoms with E-state index in [4.69, 9.17) is 10.5 Å². The van der Waals surface area contributed by atoms with Crippen LogP contribution in [0, 0.1) is 5.92 Å². The average Bonchev–Trinajstić information content (AvgIpc) is 2.54. The summed E-state index contributed by atoms with van der Waals surface area (Å²) in [5.41, 5.74) is 6.07. The fraction of sp³-hybridized carbons (Fsp3) is 0.562. The van der Waals surface area contributed by atoms with Gasteiger partial charge in [-0.2, -0.15) is 0 Å². The Balaban J connectivity index is 2.74. The fourth-order valence-corrected chi connectivity index (χ4v) is 3.21. The predicted octanol–water partition coefficient (Wildman–Crippen LogP) is 0.715. The van der Waals surface area contributed by atoms with Gasteiger partial charge in [0.25, 0.3) is 5.91 Å². The largest absolute Gasteiger partial charge is 0.383 e. The third-order valence-electron chi connectivity index (χ3n) is 3.40. The number of sulfonamides is 1. The van der Waals surface area contributed by atoms with Crippen LogP contribution in [0.2, 0.25) is 0 Å². The number of benzene rings is 1. The van der Waals surface area contributed by atoms with Gasteiger partial charge in [0.1, 0.15) is 0 Å². The maximum absolute atomic E-state index is 12.2. The lowest BCUT2D eigenvalue weighted by atomic mass is 10.0. The lowest BCUT2D eigenvalue weighted by molar-refractivity contribution is 0.0933. The number of hydrogen-bond acceptors (Lipinski definition) is 5. The Hall–Kier alpha value is -1.48. The minimum atomic E-state index is -3.60. The Morgan fingerprint density at radius 3 is 2.38 bits per heavy atom. The van der Waals surface area contributed by atoms with Gasteiger partial charge in [0.05, 0.1) is 11.5 Å². The molecule has 1 aromatic carbocycles. The molecule has 0 bridgehead atoms. The molecule has 0 aliphatic carbocycles. The Morgan fingerprint density at radius 2 is 1.88 bits per heavy atom. The minimum Gasteiger partial charge on any atom is -0.383 e. The first-order valence-corrected chi connectivity index (χ1v) is 9.38. The summed E-state index contributed by atoms with van der Waals surface area (Å²) < 4.78 is 31.3. The van der Waals surface area contributed by atoms with Crippen molar-refractivity contribution in [1.29, 1.82) is 0 Å². The van der Waals surface area contributed by atoms with Gasteiger partial charge in [-0.25, -0.2) is 13.1 Å². The molecule has 0 aromatic heterocycles. The molecule has 8 heteroatoms. The van der Waals surface area contributed by atoms with E-state index >= 15 is 0 Å². The minimum absolute atomic E-state index is 0.100. The van der Waals surface area contributed by atoms with Crippen LogP contribution >= 0.6 is 0 Å². The van der Waals surface area contributed by atoms with Gasteiger partial charge in [-0.05, 0) is 36.6 Å². The van der Waals surface area contributed by atoms with E-state index in [9.17, 15) is 13.2 Å². The van der Waals surface area contributed by atoms with Crippen molar-refractivity contribution in [1.82, 2.24) is 10.0 Å². The molecule has 0 spiro atoms. The number of carbonyl (C=O) groups is 1. The van der Waals surface area contributed by atoms with Crippen molar-refractivity contribution in [2.75, 3.05) is 26.8 Å². The van der Waals surface area contributed by atoms with E-state index in [2.05, 4.69) is 23.9 Å². The van der Waals surface area contributed by atoms with E-state index in [1.165, 1.54) is 31.4 Å². The zero-order valence-corrected chi connectivity index (χ0v) is 15.2. The Morgan fingerprint density at radius 1 is 1.25 bits per heavy atom. The molecule has 1 atom stereocenters. The lowest BCUT2D eigenvalue weighted by Crippen LogP contribution is -2.41. The van der Waals surface area contributed by atoms with Crippen molar-refractivity contribution >= 4 is 15.9 Å². The molecule has 0 aliphatic heterocycles. The predicted molar refractivity (Wildman–Crippen MR) is 93.3 cm³/mol. The summed E-state index contributed by atoms with van der Waals surface area (Å²) in [5.74, 6) is 0.159. The number of rotatable bonds is 10. The first-order valence-electron chi connectivity index (χ1n) is 7.89. The molecule has 0 saturated carbocycles. The van der Waals surface area contributed by atoms with Crippen LogP contribution in [-0.4, -0.2) is 47.2 Å². The maximum Gasteiger partial charge on any atom is 0.251 e. The van der Waals surface area contributed by atoms with E-state index in [0.717, 1.165) is 6.42 Å². The fourth-order valence-electron chi connectivity index (χ4n) is 2.20. The molecule has 0 heterocycles. The van der Waals surface area contributed by atoms with Gasteiger partial charge in [0, 0.05) is 31.8 Å². The molecule has 0 fully saturated rings. The van der Waals surface area contributed by atoms with Crippen LogP contribution in [-0.2, 0) is 14.8 Å². The van der Waals surface area contributed by atoms with Crippen LogP contribution in [0.25, 0.3) is 0 Å². The summed E-state index contributed by atoms with van der Waals surface area (Å²) >= 11 is 0. The molecular formula is C16H27N3O4S. The molecule has 0 saturated heterocycles. The molecule has 1 unspecified atom stereocenters. The zero-order valence-electron chi connectivity index (χ0n) is 14.4. The normalized spacial score (nSPS) is 13.0. The van der Waals surface area contributed by atoms with E-state index < -0.39 is 10.0 Å². The summed E-state index contributed by atoms with van der Waals surface area (Å²) in [7, 11) is -2.10. The number of hydrogen-bond donors (Lipinski definition) is 3. The lowest BCUT2D eigenvalue weighted by Gasteiger charge is -2.18. The van der Waals surface area contributed by atoms with E-state index in [1.807, 2.05) is 0 Å². The van der Waals surface area contributed by atoms with E-state index in [0.29, 0.717) is 18.0 Å². The number of methoxy groups -OCH3 is 1. The molecule has 4 N–H and O–H groups in total. The Bertz CT molecular complexity index is 615. The van der Waals surface area contributed by atoms with Crippen LogP contribution in [0.15, 0.2) is 29.2 Å². The molecule has 7 nitrogen and oxygen atoms in total. The molecule has 0 radical (unpaired) electrons. The summed E-state index contributed by atoms with van der Waals surface area (Å²) in [4.78, 5) is 12.3. The van der Waals surface area contributed by atoms with Crippen molar-refractivity contribution in [3.63, 3.8) is 0 Å². The van der Waals surface area contributed by atoms with Crippen molar-refractivity contribution in [2.24, 2.45) is 11.7 Å². The van der Waals surface area contributed by atoms with Crippen LogP contribution in [0.1, 0.15) is 30.6 Å². The second-order valence-electron chi connectivity index (χ2n) is 5.95. The molecule has 24 heavy (non-hydrogen) atoms. The van der Waals surface area contributed by atoms with Crippen molar-refractivity contribution < 1.29 is 17.9 Å². The number of nitrogens with one attached hydrogen (secondary N) is 2. The number of nitrogens with two attached hydrogens (primary N) is 1. The SMILES string of the molecule is COCCNS(=O)(=O)c1ccc(C(=O)NC(CN)CC(C)C)cc1. The van der Waals surface area contributed by atoms with Gasteiger partial charge in [-0.15, -0.1) is 0 Å². The first-order chi connectivity index (χ1) is 11.3. The van der Waals surface area contributed by atoms with Crippen LogP contribution in [0.5, 0.6) is 0 Å². The van der Waals surface area contributed by atoms with Gasteiger partial charge < -0.3 is 15.8 Å². The highest BCUT2D eigenvalue weighted by atomic mass is 32.2. The van der Waals surface area contributed by atoms with Crippen molar-refractivity contribution in [3.8, 4) is 0 Å². The second-order valence-corrected chi connectivity index (χ2v) is 7.72. The van der Waals surface area contributed by atoms with Gasteiger partial charge in [-0.3, -0.25) is 4.79 Å². The highest BCUT2D eigenvalue weighted by Gasteiger charge is 2.16. The van der Waals surface area contributed by atoms with Gasteiger partial charge in [0.2, 0.25) is 10.0 Å². The summed E-state index contributed by atoms with van der Waals surface area (Å²) in [6.45, 7) is 4.96. The van der Waals surface area contributed by atoms with E-state index in [1.54, 1.807) is 0 Å². The molecule has 136 valence electrons. The molecule has 1 aromatic rings. The summed E-state index contributed by atoms with van der Waals surface area (Å²) in [5, 5.41) is 2.87. The second kappa shape index (κ2) is 9.73. The zero-order chi connectivity index (χ0) is 18.2. The van der Waals surface area contributed by atoms with Crippen molar-refractivity contribution in [2.45, 2.75) is 31.2 Å². The standard InChI is InChI=1S/C16H27N3O4S/c1-12(2)10-14(11-17)19-16(20)13-4-6-15(7-5-13)24(21,22)18-8-9-23-3/h4-7,12,14,18H,8-11,17H2,1-3H3,(H,19,20). The molecular weight excluding hydrogens is 330 g/mol. The van der Waals surface area contributed by atoms with Crippen molar-refractivity contribution in [3.05, 3.63) is 29.8 Å². The first kappa shape index (κ1) is 20.6. The highest BCUT2D eigenvalue weighted by Crippen LogP contribution is 2.11. The van der Waals surface area contributed by atoms with Gasteiger partial charge in [0.15, 0.2) is 0 Å². The van der Waals surface area contributed by atoms with Crippen LogP contribution in [0.3, 0.4) is 0 Å². The Labute approximate surface area is 144 Å². The smallest absolute Gasteiger partial charge is 0.251 e. The van der Waals surface area contributed by atoms with Gasteiger partial charge >= 0.3 is 0 Å². The third-order valence-corrected chi connectivity index (χ3v) is 4.88. The van der Waals surface area contributed by atoms with Crippen LogP contribution in [0.4, 0.5) is 0 Å². The topological polar surface area (TPSA) is 111 Å². The summed E-state index contributed by atoms with van der Waals surface area (Å²) in [6, 6.07) is 5.69. The third kappa shape index (κ3) is 6.56. The summed E-state index contributed by atoms with van der Waals surface area (Å²) in [6.07, 6.45) is 0.790. The molecule has 0 aliphatic rings. The molecule has 1 amide bonds. The Kier molecular flexibility index (Phi) is 8.34. The monoisotopic (exact) mass is 357 g/mol. The molecule has 1 rings (SSSR count). The highest BCUT2D eigenvalue weighted by molar-refractivity contribution is 7.89. The number of carbonyl (C=O) groups excluding carboxylic acids is 1. The maximum atomic E-state index is 12.2. The van der Waals surface area contributed by atoms with Crippen LogP contribution < -0.4 is 15.8 Å². The number of ether oxygens (including phenoxy) is 1. The van der Waals surface area contributed by atoms with Gasteiger partial charge in [-0.1, -0.05) is 13.8 Å². The quantitative estimate of drug-likeness (QED) is 0.534.